The summed E-state index contributed by atoms with van der Waals surface area (Å²) in [4.78, 5) is 30.9. The predicted molar refractivity (Wildman–Crippen MR) is 99.1 cm³/mol. The van der Waals surface area contributed by atoms with Crippen LogP contribution in [0, 0.1) is 0 Å². The standard InChI is InChI=1S/C21H14N4O2/c26-20-16-8-4-5-9-17(16)21(27)24(20)13-15-10-11-22-19-12-18(23-25(15)19)14-6-2-1-3-7-14/h1-12H,13H2. The highest BCUT2D eigenvalue weighted by Crippen LogP contribution is 2.25. The number of benzene rings is 2. The molecule has 130 valence electrons. The summed E-state index contributed by atoms with van der Waals surface area (Å²) in [5, 5.41) is 4.63. The van der Waals surface area contributed by atoms with E-state index in [0.717, 1.165) is 17.0 Å². The van der Waals surface area contributed by atoms with Crippen molar-refractivity contribution in [2.45, 2.75) is 6.54 Å². The number of hydrogen-bond acceptors (Lipinski definition) is 4. The number of fused-ring (bicyclic) bond motifs is 2. The molecule has 1 aliphatic rings. The fraction of sp³-hybridized carbons (Fsp3) is 0.0476. The van der Waals surface area contributed by atoms with Crippen molar-refractivity contribution in [3.8, 4) is 11.3 Å². The van der Waals surface area contributed by atoms with Crippen LogP contribution in [-0.2, 0) is 6.54 Å². The average molecular weight is 354 g/mol. The molecular formula is C21H14N4O2. The molecule has 2 amide bonds. The topological polar surface area (TPSA) is 67.6 Å². The van der Waals surface area contributed by atoms with Gasteiger partial charge in [-0.25, -0.2) is 9.50 Å². The van der Waals surface area contributed by atoms with Gasteiger partial charge >= 0.3 is 0 Å². The molecule has 4 aromatic rings. The first kappa shape index (κ1) is 15.5. The minimum atomic E-state index is -0.281. The van der Waals surface area contributed by atoms with Crippen LogP contribution in [0.2, 0.25) is 0 Å². The maximum absolute atomic E-state index is 12.6. The summed E-state index contributed by atoms with van der Waals surface area (Å²) < 4.78 is 1.69. The molecule has 0 unspecified atom stereocenters. The molecule has 0 saturated carbocycles. The van der Waals surface area contributed by atoms with Crippen molar-refractivity contribution >= 4 is 17.5 Å². The predicted octanol–water partition coefficient (Wildman–Crippen LogP) is 3.19. The minimum Gasteiger partial charge on any atom is -0.269 e. The van der Waals surface area contributed by atoms with Crippen molar-refractivity contribution < 1.29 is 9.59 Å². The summed E-state index contributed by atoms with van der Waals surface area (Å²) in [7, 11) is 0. The van der Waals surface area contributed by atoms with E-state index in [1.165, 1.54) is 4.90 Å². The fourth-order valence-electron chi connectivity index (χ4n) is 3.36. The zero-order chi connectivity index (χ0) is 18.4. The van der Waals surface area contributed by atoms with Crippen LogP contribution in [-0.4, -0.2) is 31.3 Å². The van der Waals surface area contributed by atoms with Gasteiger partial charge in [0, 0.05) is 17.8 Å². The first-order valence-corrected chi connectivity index (χ1v) is 8.57. The lowest BCUT2D eigenvalue weighted by Gasteiger charge is -2.14. The molecule has 0 N–H and O–H groups in total. The molecule has 0 spiro atoms. The van der Waals surface area contributed by atoms with Crippen molar-refractivity contribution in [2.75, 3.05) is 0 Å². The van der Waals surface area contributed by atoms with Crippen molar-refractivity contribution in [3.63, 3.8) is 0 Å². The Bertz CT molecular complexity index is 1160. The lowest BCUT2D eigenvalue weighted by atomic mass is 10.1. The summed E-state index contributed by atoms with van der Waals surface area (Å²) in [6.45, 7) is 0.140. The Morgan fingerprint density at radius 2 is 1.48 bits per heavy atom. The third-order valence-electron chi connectivity index (χ3n) is 4.70. The molecular weight excluding hydrogens is 340 g/mol. The number of rotatable bonds is 3. The summed E-state index contributed by atoms with van der Waals surface area (Å²) >= 11 is 0. The highest BCUT2D eigenvalue weighted by molar-refractivity contribution is 6.21. The van der Waals surface area contributed by atoms with Gasteiger partial charge in [0.05, 0.1) is 29.1 Å². The van der Waals surface area contributed by atoms with Crippen LogP contribution < -0.4 is 0 Å². The van der Waals surface area contributed by atoms with Crippen LogP contribution >= 0.6 is 0 Å². The van der Waals surface area contributed by atoms with Crippen LogP contribution in [0.5, 0.6) is 0 Å². The molecule has 2 aromatic carbocycles. The highest BCUT2D eigenvalue weighted by Gasteiger charge is 2.35. The molecule has 6 nitrogen and oxygen atoms in total. The third-order valence-corrected chi connectivity index (χ3v) is 4.70. The van der Waals surface area contributed by atoms with Gasteiger partial charge in [-0.05, 0) is 18.2 Å². The largest absolute Gasteiger partial charge is 0.269 e. The van der Waals surface area contributed by atoms with Gasteiger partial charge in [-0.2, -0.15) is 5.10 Å². The lowest BCUT2D eigenvalue weighted by Crippen LogP contribution is -2.30. The Morgan fingerprint density at radius 3 is 2.19 bits per heavy atom. The van der Waals surface area contributed by atoms with E-state index in [1.807, 2.05) is 36.4 Å². The highest BCUT2D eigenvalue weighted by atomic mass is 16.2. The number of aromatic nitrogens is 3. The van der Waals surface area contributed by atoms with Crippen LogP contribution in [0.3, 0.4) is 0 Å². The molecule has 1 aliphatic heterocycles. The van der Waals surface area contributed by atoms with Crippen molar-refractivity contribution in [2.24, 2.45) is 0 Å². The zero-order valence-electron chi connectivity index (χ0n) is 14.2. The van der Waals surface area contributed by atoms with E-state index in [4.69, 9.17) is 0 Å². The number of carbonyl (C=O) groups excluding carboxylic acids is 2. The molecule has 5 rings (SSSR count). The number of imide groups is 1. The Balaban J connectivity index is 1.54. The Kier molecular flexibility index (Phi) is 3.36. The molecule has 0 bridgehead atoms. The summed E-state index contributed by atoms with van der Waals surface area (Å²) in [5.41, 5.74) is 4.05. The molecule has 0 fully saturated rings. The van der Waals surface area contributed by atoms with Gasteiger partial charge in [0.1, 0.15) is 0 Å². The smallest absolute Gasteiger partial charge is 0.261 e. The number of hydrogen-bond donors (Lipinski definition) is 0. The maximum Gasteiger partial charge on any atom is 0.261 e. The number of carbonyl (C=O) groups is 2. The summed E-state index contributed by atoms with van der Waals surface area (Å²) in [5.74, 6) is -0.563. The minimum absolute atomic E-state index is 0.140. The number of nitrogens with zero attached hydrogens (tertiary/aromatic N) is 4. The van der Waals surface area contributed by atoms with Crippen molar-refractivity contribution in [1.82, 2.24) is 19.5 Å². The average Bonchev–Trinajstić information content (AvgIpc) is 3.25. The van der Waals surface area contributed by atoms with E-state index in [2.05, 4.69) is 10.1 Å². The van der Waals surface area contributed by atoms with Crippen LogP contribution in [0.1, 0.15) is 26.4 Å². The summed E-state index contributed by atoms with van der Waals surface area (Å²) in [6.07, 6.45) is 1.67. The van der Waals surface area contributed by atoms with E-state index < -0.39 is 0 Å². The molecule has 0 atom stereocenters. The van der Waals surface area contributed by atoms with Gasteiger partial charge in [0.15, 0.2) is 5.65 Å². The van der Waals surface area contributed by atoms with Crippen LogP contribution in [0.25, 0.3) is 16.9 Å². The Hall–Kier alpha value is -3.80. The molecule has 0 saturated heterocycles. The van der Waals surface area contributed by atoms with Gasteiger partial charge in [0.2, 0.25) is 0 Å². The molecule has 27 heavy (non-hydrogen) atoms. The second-order valence-electron chi connectivity index (χ2n) is 6.34. The van der Waals surface area contributed by atoms with Crippen molar-refractivity contribution in [1.29, 1.82) is 0 Å². The first-order chi connectivity index (χ1) is 13.2. The zero-order valence-corrected chi connectivity index (χ0v) is 14.2. The molecule has 3 heterocycles. The van der Waals surface area contributed by atoms with Crippen LogP contribution in [0.4, 0.5) is 0 Å². The van der Waals surface area contributed by atoms with Gasteiger partial charge in [-0.1, -0.05) is 42.5 Å². The molecule has 0 radical (unpaired) electrons. The van der Waals surface area contributed by atoms with E-state index >= 15 is 0 Å². The van der Waals surface area contributed by atoms with E-state index in [-0.39, 0.29) is 18.4 Å². The van der Waals surface area contributed by atoms with Gasteiger partial charge in [0.25, 0.3) is 11.8 Å². The van der Waals surface area contributed by atoms with Gasteiger partial charge in [-0.3, -0.25) is 14.5 Å². The maximum atomic E-state index is 12.6. The second kappa shape index (κ2) is 5.88. The Morgan fingerprint density at radius 1 is 0.815 bits per heavy atom. The fourth-order valence-corrected chi connectivity index (χ4v) is 3.36. The quantitative estimate of drug-likeness (QED) is 0.530. The monoisotopic (exact) mass is 354 g/mol. The molecule has 6 heteroatoms. The van der Waals surface area contributed by atoms with E-state index in [1.54, 1.807) is 41.0 Å². The Labute approximate surface area is 154 Å². The third kappa shape index (κ3) is 2.42. The molecule has 0 aliphatic carbocycles. The number of amides is 2. The van der Waals surface area contributed by atoms with Gasteiger partial charge < -0.3 is 0 Å². The van der Waals surface area contributed by atoms with E-state index in [0.29, 0.717) is 16.8 Å². The SMILES string of the molecule is O=C1c2ccccc2C(=O)N1Cc1ccnc2cc(-c3ccccc3)nn12. The second-order valence-corrected chi connectivity index (χ2v) is 6.34. The first-order valence-electron chi connectivity index (χ1n) is 8.57. The van der Waals surface area contributed by atoms with Crippen molar-refractivity contribution in [3.05, 3.63) is 89.7 Å². The van der Waals surface area contributed by atoms with E-state index in [9.17, 15) is 9.59 Å². The summed E-state index contributed by atoms with van der Waals surface area (Å²) in [6, 6.07) is 20.4. The lowest BCUT2D eigenvalue weighted by molar-refractivity contribution is 0.0639. The molecule has 2 aromatic heterocycles. The van der Waals surface area contributed by atoms with Crippen LogP contribution in [0.15, 0.2) is 72.9 Å². The van der Waals surface area contributed by atoms with Gasteiger partial charge in [-0.15, -0.1) is 0 Å². The normalized spacial score (nSPS) is 13.4.